The van der Waals surface area contributed by atoms with Crippen LogP contribution in [0.5, 0.6) is 5.75 Å². The molecule has 2 aliphatic rings. The van der Waals surface area contributed by atoms with E-state index >= 15 is 0 Å². The standard InChI is InChI=1S/C25H23N5O4S2/c1-15-7-6-8-16(2)21(15)34-12-11-29-14-17(18-9-4-5-10-20(18)29)13-19-22(26)30-24(27-23(19)31)35-25(28-30)36(3,32)33/h4-10,13-14,26H,11-12H2,1-3H3/b19-13+,26-22?. The zero-order chi connectivity index (χ0) is 25.6. The van der Waals surface area contributed by atoms with Crippen molar-refractivity contribution in [2.75, 3.05) is 12.9 Å². The fourth-order valence-electron chi connectivity index (χ4n) is 4.13. The van der Waals surface area contributed by atoms with Crippen LogP contribution in [0.4, 0.5) is 0 Å². The topological polar surface area (TPSA) is 117 Å². The number of aromatic nitrogens is 1. The van der Waals surface area contributed by atoms with Gasteiger partial charge in [-0.3, -0.25) is 10.2 Å². The maximum absolute atomic E-state index is 12.8. The quantitative estimate of drug-likeness (QED) is 0.508. The Labute approximate surface area is 212 Å². The SMILES string of the molecule is Cc1cccc(C)c1OCCn1cc(/C=C2\C(=N)N3N=C(S(C)(=O)=O)SC3=NC2=O)c2ccccc21. The molecule has 1 amide bonds. The van der Waals surface area contributed by atoms with Crippen molar-refractivity contribution < 1.29 is 17.9 Å². The molecule has 1 aromatic heterocycles. The molecule has 5 rings (SSSR count). The summed E-state index contributed by atoms with van der Waals surface area (Å²) in [7, 11) is -3.59. The predicted octanol–water partition coefficient (Wildman–Crippen LogP) is 3.96. The normalized spacial score (nSPS) is 17.0. The molecule has 0 bridgehead atoms. The number of amides is 1. The number of ether oxygens (including phenoxy) is 1. The lowest BCUT2D eigenvalue weighted by molar-refractivity contribution is -0.114. The number of hydrogen-bond acceptors (Lipinski definition) is 7. The van der Waals surface area contributed by atoms with Gasteiger partial charge >= 0.3 is 0 Å². The fraction of sp³-hybridized carbons (Fsp3) is 0.200. The van der Waals surface area contributed by atoms with Crippen LogP contribution < -0.4 is 4.74 Å². The van der Waals surface area contributed by atoms with Gasteiger partial charge < -0.3 is 9.30 Å². The first-order valence-corrected chi connectivity index (χ1v) is 13.8. The van der Waals surface area contributed by atoms with Crippen molar-refractivity contribution in [3.63, 3.8) is 0 Å². The van der Waals surface area contributed by atoms with Gasteiger partial charge in [0.25, 0.3) is 5.91 Å². The van der Waals surface area contributed by atoms with E-state index in [4.69, 9.17) is 10.1 Å². The molecule has 0 saturated heterocycles. The molecule has 2 aliphatic heterocycles. The minimum Gasteiger partial charge on any atom is -0.491 e. The summed E-state index contributed by atoms with van der Waals surface area (Å²) in [6.07, 6.45) is 4.54. The highest BCUT2D eigenvalue weighted by atomic mass is 32.3. The highest BCUT2D eigenvalue weighted by Crippen LogP contribution is 2.31. The number of hydrogen-bond donors (Lipinski definition) is 1. The number of nitrogens with one attached hydrogen (secondary N) is 1. The zero-order valence-electron chi connectivity index (χ0n) is 19.8. The third-order valence-corrected chi connectivity index (χ3v) is 8.44. The maximum atomic E-state index is 12.8. The summed E-state index contributed by atoms with van der Waals surface area (Å²) in [4.78, 5) is 16.8. The molecular formula is C25H23N5O4S2. The van der Waals surface area contributed by atoms with Crippen LogP contribution in [0.3, 0.4) is 0 Å². The van der Waals surface area contributed by atoms with Crippen molar-refractivity contribution in [3.8, 4) is 5.75 Å². The van der Waals surface area contributed by atoms with Crippen LogP contribution in [0.1, 0.15) is 16.7 Å². The van der Waals surface area contributed by atoms with Crippen molar-refractivity contribution in [1.82, 2.24) is 9.58 Å². The summed E-state index contributed by atoms with van der Waals surface area (Å²) in [5.41, 5.74) is 3.89. The summed E-state index contributed by atoms with van der Waals surface area (Å²) in [5, 5.41) is 14.6. The zero-order valence-corrected chi connectivity index (χ0v) is 21.5. The molecule has 3 heterocycles. The summed E-state index contributed by atoms with van der Waals surface area (Å²) < 4.78 is 31.7. The number of thioether (sulfide) groups is 1. The molecule has 1 N–H and O–H groups in total. The van der Waals surface area contributed by atoms with E-state index in [0.29, 0.717) is 13.2 Å². The summed E-state index contributed by atoms with van der Waals surface area (Å²) in [5.74, 6) is 0.0500. The minimum absolute atomic E-state index is 0.0348. The summed E-state index contributed by atoms with van der Waals surface area (Å²) in [6.45, 7) is 5.07. The molecule has 0 atom stereocenters. The molecule has 0 fully saturated rings. The van der Waals surface area contributed by atoms with Crippen LogP contribution in [0.15, 0.2) is 64.3 Å². The first-order chi connectivity index (χ1) is 17.1. The Morgan fingerprint density at radius 3 is 2.56 bits per heavy atom. The number of hydrazone groups is 1. The second kappa shape index (κ2) is 9.07. The molecule has 2 aromatic carbocycles. The third-order valence-electron chi connectivity index (χ3n) is 5.86. The third kappa shape index (κ3) is 4.35. The number of benzene rings is 2. The van der Waals surface area contributed by atoms with Gasteiger partial charge in [-0.05, 0) is 48.9 Å². The molecular weight excluding hydrogens is 498 g/mol. The molecule has 11 heteroatoms. The van der Waals surface area contributed by atoms with E-state index in [1.165, 1.54) is 0 Å². The van der Waals surface area contributed by atoms with Crippen LogP contribution in [0.2, 0.25) is 0 Å². The van der Waals surface area contributed by atoms with E-state index < -0.39 is 15.7 Å². The van der Waals surface area contributed by atoms with Crippen molar-refractivity contribution in [1.29, 1.82) is 5.41 Å². The van der Waals surface area contributed by atoms with E-state index in [-0.39, 0.29) is 21.0 Å². The summed E-state index contributed by atoms with van der Waals surface area (Å²) in [6, 6.07) is 13.8. The minimum atomic E-state index is -3.59. The highest BCUT2D eigenvalue weighted by Gasteiger charge is 2.38. The molecule has 3 aromatic rings. The van der Waals surface area contributed by atoms with Crippen molar-refractivity contribution in [2.24, 2.45) is 10.1 Å². The number of aryl methyl sites for hydroxylation is 2. The van der Waals surface area contributed by atoms with E-state index in [0.717, 1.165) is 56.4 Å². The summed E-state index contributed by atoms with van der Waals surface area (Å²) >= 11 is 0.764. The second-order valence-electron chi connectivity index (χ2n) is 8.52. The number of nitrogens with zero attached hydrogens (tertiary/aromatic N) is 4. The van der Waals surface area contributed by atoms with Gasteiger partial charge in [-0.25, -0.2) is 8.42 Å². The number of sulfone groups is 1. The fourth-order valence-corrected chi connectivity index (χ4v) is 5.81. The average molecular weight is 522 g/mol. The van der Waals surface area contributed by atoms with Gasteiger partial charge in [0.1, 0.15) is 12.4 Å². The number of carbonyl (C=O) groups excluding carboxylic acids is 1. The Morgan fingerprint density at radius 2 is 1.83 bits per heavy atom. The van der Waals surface area contributed by atoms with Crippen LogP contribution in [-0.4, -0.2) is 52.1 Å². The van der Waals surface area contributed by atoms with Gasteiger partial charge in [0.05, 0.1) is 12.1 Å². The van der Waals surface area contributed by atoms with Crippen molar-refractivity contribution in [3.05, 3.63) is 70.9 Å². The number of para-hydroxylation sites is 2. The molecule has 9 nitrogen and oxygen atoms in total. The van der Waals surface area contributed by atoms with Gasteiger partial charge in [-0.15, -0.1) is 5.10 Å². The van der Waals surface area contributed by atoms with E-state index in [1.54, 1.807) is 6.08 Å². The van der Waals surface area contributed by atoms with E-state index in [9.17, 15) is 13.2 Å². The number of rotatable bonds is 5. The molecule has 0 saturated carbocycles. The monoisotopic (exact) mass is 521 g/mol. The largest absolute Gasteiger partial charge is 0.491 e. The van der Waals surface area contributed by atoms with Gasteiger partial charge in [0, 0.05) is 28.9 Å². The lowest BCUT2D eigenvalue weighted by atomic mass is 10.1. The molecule has 0 aliphatic carbocycles. The second-order valence-corrected chi connectivity index (χ2v) is 11.7. The van der Waals surface area contributed by atoms with E-state index in [1.807, 2.05) is 67.1 Å². The highest BCUT2D eigenvalue weighted by molar-refractivity contribution is 8.42. The molecule has 0 spiro atoms. The Balaban J connectivity index is 1.45. The Morgan fingerprint density at radius 1 is 1.11 bits per heavy atom. The van der Waals surface area contributed by atoms with Crippen molar-refractivity contribution >= 4 is 59.9 Å². The molecule has 0 unspecified atom stereocenters. The smallest absolute Gasteiger partial charge is 0.283 e. The van der Waals surface area contributed by atoms with E-state index in [2.05, 4.69) is 10.1 Å². The van der Waals surface area contributed by atoms with Crippen LogP contribution in [-0.2, 0) is 21.2 Å². The first kappa shape index (κ1) is 24.0. The predicted molar refractivity (Wildman–Crippen MR) is 143 cm³/mol. The van der Waals surface area contributed by atoms with Crippen LogP contribution in [0, 0.1) is 19.3 Å². The molecule has 0 radical (unpaired) electrons. The van der Waals surface area contributed by atoms with Gasteiger partial charge in [-0.1, -0.05) is 36.4 Å². The molecule has 184 valence electrons. The first-order valence-electron chi connectivity index (χ1n) is 11.1. The van der Waals surface area contributed by atoms with Crippen molar-refractivity contribution in [2.45, 2.75) is 20.4 Å². The number of amidine groups is 2. The van der Waals surface area contributed by atoms with Gasteiger partial charge in [-0.2, -0.15) is 10.0 Å². The Kier molecular flexibility index (Phi) is 6.05. The maximum Gasteiger partial charge on any atom is 0.283 e. The van der Waals surface area contributed by atoms with Crippen LogP contribution in [0.25, 0.3) is 17.0 Å². The number of fused-ring (bicyclic) bond motifs is 2. The van der Waals surface area contributed by atoms with Gasteiger partial charge in [0.2, 0.25) is 19.4 Å². The Hall–Kier alpha value is -3.70. The average Bonchev–Trinajstić information content (AvgIpc) is 3.41. The lowest BCUT2D eigenvalue weighted by Gasteiger charge is -2.19. The molecule has 36 heavy (non-hydrogen) atoms. The number of aliphatic imine (C=N–C) groups is 1. The number of carbonyl (C=O) groups is 1. The van der Waals surface area contributed by atoms with Crippen LogP contribution >= 0.6 is 11.8 Å². The Bertz CT molecular complexity index is 1610. The lowest BCUT2D eigenvalue weighted by Crippen LogP contribution is -2.35. The van der Waals surface area contributed by atoms with Gasteiger partial charge in [0.15, 0.2) is 5.84 Å².